The molecule has 0 spiro atoms. The van der Waals surface area contributed by atoms with Crippen molar-refractivity contribution in [1.29, 1.82) is 0 Å². The van der Waals surface area contributed by atoms with Crippen molar-refractivity contribution in [3.8, 4) is 0 Å². The van der Waals surface area contributed by atoms with E-state index in [0.29, 0.717) is 16.7 Å². The third-order valence-corrected chi connectivity index (χ3v) is 3.66. The number of amides is 1. The first-order valence-corrected chi connectivity index (χ1v) is 7.24. The number of carbonyl (C=O) groups excluding carboxylic acids is 1. The third-order valence-electron chi connectivity index (χ3n) is 2.88. The van der Waals surface area contributed by atoms with Gasteiger partial charge in [0.15, 0.2) is 5.13 Å². The summed E-state index contributed by atoms with van der Waals surface area (Å²) in [4.78, 5) is 31.3. The third kappa shape index (κ3) is 3.43. The minimum Gasteiger partial charge on any atom is -0.478 e. The summed E-state index contributed by atoms with van der Waals surface area (Å²) in [5.41, 5.74) is 1.47. The van der Waals surface area contributed by atoms with Crippen LogP contribution in [0.2, 0.25) is 0 Å². The van der Waals surface area contributed by atoms with E-state index >= 15 is 0 Å². The number of thiazole rings is 1. The van der Waals surface area contributed by atoms with Crippen molar-refractivity contribution < 1.29 is 14.7 Å². The number of hydrogen-bond acceptors (Lipinski definition) is 5. The molecule has 2 rings (SSSR count). The molecule has 6 nitrogen and oxygen atoms in total. The minimum absolute atomic E-state index is 0.0860. The fourth-order valence-electron chi connectivity index (χ4n) is 1.68. The molecule has 1 amide bonds. The van der Waals surface area contributed by atoms with Gasteiger partial charge in [-0.25, -0.2) is 14.8 Å². The van der Waals surface area contributed by atoms with Crippen LogP contribution >= 0.6 is 11.3 Å². The van der Waals surface area contributed by atoms with Crippen LogP contribution in [0.1, 0.15) is 52.0 Å². The van der Waals surface area contributed by atoms with Crippen molar-refractivity contribution in [2.75, 3.05) is 5.32 Å². The number of hydrogen-bond donors (Lipinski definition) is 2. The Labute approximate surface area is 125 Å². The Hall–Kier alpha value is -2.28. The Morgan fingerprint density at radius 2 is 2.00 bits per heavy atom. The van der Waals surface area contributed by atoms with Crippen molar-refractivity contribution in [1.82, 2.24) is 9.97 Å². The highest BCUT2D eigenvalue weighted by atomic mass is 32.1. The molecular formula is C14H15N3O3S. The number of nitrogens with zero attached hydrogens (tertiary/aromatic N) is 2. The van der Waals surface area contributed by atoms with Crippen LogP contribution in [0, 0.1) is 6.92 Å². The highest BCUT2D eigenvalue weighted by molar-refractivity contribution is 7.14. The van der Waals surface area contributed by atoms with Gasteiger partial charge in [0.1, 0.15) is 5.69 Å². The zero-order valence-corrected chi connectivity index (χ0v) is 12.7. The molecule has 0 aromatic carbocycles. The summed E-state index contributed by atoms with van der Waals surface area (Å²) in [6, 6.07) is 2.77. The van der Waals surface area contributed by atoms with Gasteiger partial charge in [0.25, 0.3) is 5.91 Å². The molecule has 0 atom stereocenters. The number of carbonyl (C=O) groups is 2. The Kier molecular flexibility index (Phi) is 4.32. The van der Waals surface area contributed by atoms with Gasteiger partial charge in [0.05, 0.1) is 17.0 Å². The zero-order valence-electron chi connectivity index (χ0n) is 11.9. The maximum Gasteiger partial charge on any atom is 0.337 e. The summed E-state index contributed by atoms with van der Waals surface area (Å²) in [6.07, 6.45) is 0. The molecule has 0 radical (unpaired) electrons. The number of carboxylic acids is 1. The molecule has 2 heterocycles. The fourth-order valence-corrected chi connectivity index (χ4v) is 2.55. The first kappa shape index (κ1) is 15.1. The van der Waals surface area contributed by atoms with Gasteiger partial charge in [-0.2, -0.15) is 0 Å². The lowest BCUT2D eigenvalue weighted by Crippen LogP contribution is -2.15. The molecule has 110 valence electrons. The van der Waals surface area contributed by atoms with Crippen molar-refractivity contribution >= 4 is 28.3 Å². The van der Waals surface area contributed by atoms with Crippen LogP contribution < -0.4 is 5.32 Å². The molecule has 0 fully saturated rings. The van der Waals surface area contributed by atoms with Gasteiger partial charge in [-0.1, -0.05) is 13.8 Å². The monoisotopic (exact) mass is 305 g/mol. The zero-order chi connectivity index (χ0) is 15.6. The number of rotatable bonds is 4. The van der Waals surface area contributed by atoms with E-state index in [1.807, 2.05) is 19.2 Å². The number of nitrogens with one attached hydrogen (secondary N) is 1. The molecule has 0 aliphatic carbocycles. The molecular weight excluding hydrogens is 290 g/mol. The molecule has 0 saturated heterocycles. The highest BCUT2D eigenvalue weighted by Gasteiger charge is 2.15. The molecule has 2 N–H and O–H groups in total. The molecule has 0 aliphatic rings. The smallest absolute Gasteiger partial charge is 0.337 e. The quantitative estimate of drug-likeness (QED) is 0.906. The molecule has 7 heteroatoms. The Bertz CT molecular complexity index is 695. The average molecular weight is 305 g/mol. The maximum absolute atomic E-state index is 12.1. The Morgan fingerprint density at radius 1 is 1.29 bits per heavy atom. The molecule has 2 aromatic rings. The number of aromatic carboxylic acids is 1. The SMILES string of the molecule is Cc1nc(C(=O)Nc2nc(C(C)C)cs2)ccc1C(=O)O. The normalized spacial score (nSPS) is 10.7. The van der Waals surface area contributed by atoms with E-state index in [-0.39, 0.29) is 11.3 Å². The minimum atomic E-state index is -1.06. The van der Waals surface area contributed by atoms with Gasteiger partial charge in [-0.3, -0.25) is 10.1 Å². The van der Waals surface area contributed by atoms with E-state index in [1.165, 1.54) is 23.5 Å². The molecule has 0 unspecified atom stereocenters. The van der Waals surface area contributed by atoms with Gasteiger partial charge >= 0.3 is 5.97 Å². The standard InChI is InChI=1S/C14H15N3O3S/c1-7(2)11-6-21-14(16-11)17-12(18)10-5-4-9(13(19)20)8(3)15-10/h4-7H,1-3H3,(H,19,20)(H,16,17,18). The predicted molar refractivity (Wildman–Crippen MR) is 80.1 cm³/mol. The summed E-state index contributed by atoms with van der Waals surface area (Å²) in [7, 11) is 0. The van der Waals surface area contributed by atoms with Gasteiger partial charge in [0, 0.05) is 5.38 Å². The molecule has 21 heavy (non-hydrogen) atoms. The van der Waals surface area contributed by atoms with Gasteiger partial charge in [-0.15, -0.1) is 11.3 Å². The Morgan fingerprint density at radius 3 is 2.52 bits per heavy atom. The fraction of sp³-hybridized carbons (Fsp3) is 0.286. The van der Waals surface area contributed by atoms with Crippen LogP contribution in [0.3, 0.4) is 0 Å². The van der Waals surface area contributed by atoms with Crippen LogP contribution in [0.5, 0.6) is 0 Å². The molecule has 0 aliphatic heterocycles. The summed E-state index contributed by atoms with van der Waals surface area (Å²) < 4.78 is 0. The lowest BCUT2D eigenvalue weighted by Gasteiger charge is -2.04. The maximum atomic E-state index is 12.1. The van der Waals surface area contributed by atoms with Crippen molar-refractivity contribution in [3.05, 3.63) is 40.2 Å². The van der Waals surface area contributed by atoms with Crippen molar-refractivity contribution in [2.24, 2.45) is 0 Å². The van der Waals surface area contributed by atoms with Crippen LogP contribution in [-0.2, 0) is 0 Å². The lowest BCUT2D eigenvalue weighted by molar-refractivity contribution is 0.0695. The first-order chi connectivity index (χ1) is 9.88. The predicted octanol–water partition coefficient (Wildman–Crippen LogP) is 2.92. The second kappa shape index (κ2) is 6.01. The summed E-state index contributed by atoms with van der Waals surface area (Å²) >= 11 is 1.35. The van der Waals surface area contributed by atoms with E-state index in [2.05, 4.69) is 15.3 Å². The number of aromatic nitrogens is 2. The number of aryl methyl sites for hydroxylation is 1. The van der Waals surface area contributed by atoms with E-state index in [1.54, 1.807) is 6.92 Å². The largest absolute Gasteiger partial charge is 0.478 e. The van der Waals surface area contributed by atoms with Crippen LogP contribution in [0.15, 0.2) is 17.5 Å². The molecule has 0 bridgehead atoms. The molecule has 2 aromatic heterocycles. The van der Waals surface area contributed by atoms with Crippen molar-refractivity contribution in [2.45, 2.75) is 26.7 Å². The van der Waals surface area contributed by atoms with Crippen LogP contribution in [-0.4, -0.2) is 27.0 Å². The number of anilines is 1. The highest BCUT2D eigenvalue weighted by Crippen LogP contribution is 2.21. The van der Waals surface area contributed by atoms with E-state index in [4.69, 9.17) is 5.11 Å². The second-order valence-electron chi connectivity index (χ2n) is 4.82. The van der Waals surface area contributed by atoms with Crippen molar-refractivity contribution in [3.63, 3.8) is 0 Å². The lowest BCUT2D eigenvalue weighted by atomic mass is 10.2. The number of pyridine rings is 1. The summed E-state index contributed by atoms with van der Waals surface area (Å²) in [5, 5.41) is 14.0. The van der Waals surface area contributed by atoms with Gasteiger partial charge < -0.3 is 5.11 Å². The van der Waals surface area contributed by atoms with Crippen LogP contribution in [0.4, 0.5) is 5.13 Å². The van der Waals surface area contributed by atoms with Crippen LogP contribution in [0.25, 0.3) is 0 Å². The van der Waals surface area contributed by atoms with Gasteiger partial charge in [-0.05, 0) is 25.0 Å². The number of carboxylic acid groups (broad SMARTS) is 1. The van der Waals surface area contributed by atoms with E-state index in [9.17, 15) is 9.59 Å². The first-order valence-electron chi connectivity index (χ1n) is 6.36. The average Bonchev–Trinajstić information content (AvgIpc) is 2.86. The topological polar surface area (TPSA) is 92.2 Å². The molecule has 0 saturated carbocycles. The second-order valence-corrected chi connectivity index (χ2v) is 5.68. The van der Waals surface area contributed by atoms with E-state index < -0.39 is 11.9 Å². The van der Waals surface area contributed by atoms with Gasteiger partial charge in [0.2, 0.25) is 0 Å². The van der Waals surface area contributed by atoms with E-state index in [0.717, 1.165) is 5.69 Å². The Balaban J connectivity index is 2.16. The summed E-state index contributed by atoms with van der Waals surface area (Å²) in [5.74, 6) is -1.17. The summed E-state index contributed by atoms with van der Waals surface area (Å²) in [6.45, 7) is 5.60.